The highest BCUT2D eigenvalue weighted by Gasteiger charge is 2.08. The van der Waals surface area contributed by atoms with Crippen LogP contribution >= 0.6 is 11.6 Å². The zero-order valence-electron chi connectivity index (χ0n) is 14.9. The number of aromatic nitrogens is 1. The highest BCUT2D eigenvalue weighted by atomic mass is 35.5. The van der Waals surface area contributed by atoms with Crippen molar-refractivity contribution < 1.29 is 9.53 Å². The van der Waals surface area contributed by atoms with Crippen molar-refractivity contribution in [3.05, 3.63) is 83.0 Å². The summed E-state index contributed by atoms with van der Waals surface area (Å²) in [5.41, 5.74) is 2.42. The van der Waals surface area contributed by atoms with Gasteiger partial charge in [-0.1, -0.05) is 23.7 Å². The molecule has 1 aromatic heterocycles. The SMILES string of the molecule is COc1ccc(NC(=O)c2ccnc(NCCc3ccc(Cl)cc3)c2)cc1. The summed E-state index contributed by atoms with van der Waals surface area (Å²) in [6, 6.07) is 18.3. The summed E-state index contributed by atoms with van der Waals surface area (Å²) >= 11 is 5.89. The van der Waals surface area contributed by atoms with Gasteiger partial charge in [-0.05, 0) is 60.5 Å². The number of nitrogens with one attached hydrogen (secondary N) is 2. The molecule has 5 nitrogen and oxygen atoms in total. The minimum Gasteiger partial charge on any atom is -0.497 e. The van der Waals surface area contributed by atoms with Crippen molar-refractivity contribution in [1.29, 1.82) is 0 Å². The molecule has 138 valence electrons. The Morgan fingerprint density at radius 1 is 1.07 bits per heavy atom. The molecule has 0 aliphatic rings. The number of carbonyl (C=O) groups is 1. The van der Waals surface area contributed by atoms with Gasteiger partial charge in [-0.25, -0.2) is 4.98 Å². The Morgan fingerprint density at radius 3 is 2.52 bits per heavy atom. The van der Waals surface area contributed by atoms with E-state index in [1.807, 2.05) is 24.3 Å². The summed E-state index contributed by atoms with van der Waals surface area (Å²) < 4.78 is 5.11. The van der Waals surface area contributed by atoms with Crippen LogP contribution in [-0.4, -0.2) is 24.5 Å². The predicted octanol–water partition coefficient (Wildman–Crippen LogP) is 4.65. The average Bonchev–Trinajstić information content (AvgIpc) is 2.70. The predicted molar refractivity (Wildman–Crippen MR) is 109 cm³/mol. The maximum absolute atomic E-state index is 12.4. The molecule has 0 aliphatic heterocycles. The van der Waals surface area contributed by atoms with Gasteiger partial charge in [-0.3, -0.25) is 4.79 Å². The molecule has 0 fully saturated rings. The second kappa shape index (κ2) is 9.05. The van der Waals surface area contributed by atoms with Crippen molar-refractivity contribution in [2.75, 3.05) is 24.3 Å². The van der Waals surface area contributed by atoms with E-state index >= 15 is 0 Å². The summed E-state index contributed by atoms with van der Waals surface area (Å²) in [7, 11) is 1.60. The van der Waals surface area contributed by atoms with Gasteiger partial charge >= 0.3 is 0 Å². The van der Waals surface area contributed by atoms with Gasteiger partial charge in [0.2, 0.25) is 0 Å². The van der Waals surface area contributed by atoms with E-state index in [-0.39, 0.29) is 5.91 Å². The Labute approximate surface area is 163 Å². The Morgan fingerprint density at radius 2 is 1.81 bits per heavy atom. The second-order valence-electron chi connectivity index (χ2n) is 5.92. The van der Waals surface area contributed by atoms with E-state index in [2.05, 4.69) is 15.6 Å². The van der Waals surface area contributed by atoms with Gasteiger partial charge in [0.15, 0.2) is 0 Å². The molecular weight excluding hydrogens is 362 g/mol. The van der Waals surface area contributed by atoms with E-state index in [4.69, 9.17) is 16.3 Å². The molecule has 3 rings (SSSR count). The third-order valence-corrected chi connectivity index (χ3v) is 4.26. The molecule has 3 aromatic rings. The second-order valence-corrected chi connectivity index (χ2v) is 6.35. The lowest BCUT2D eigenvalue weighted by atomic mass is 10.1. The first-order chi connectivity index (χ1) is 13.1. The lowest BCUT2D eigenvalue weighted by Crippen LogP contribution is -2.13. The van der Waals surface area contributed by atoms with Crippen LogP contribution in [0.15, 0.2) is 66.9 Å². The van der Waals surface area contributed by atoms with Crippen LogP contribution in [0.2, 0.25) is 5.02 Å². The highest BCUT2D eigenvalue weighted by molar-refractivity contribution is 6.30. The number of hydrogen-bond donors (Lipinski definition) is 2. The van der Waals surface area contributed by atoms with Crippen LogP contribution in [0.25, 0.3) is 0 Å². The van der Waals surface area contributed by atoms with Gasteiger partial charge < -0.3 is 15.4 Å². The standard InChI is InChI=1S/C21H20ClN3O2/c1-27-19-8-6-18(7-9-19)25-21(26)16-11-13-24-20(14-16)23-12-10-15-2-4-17(22)5-3-15/h2-9,11,13-14H,10,12H2,1H3,(H,23,24)(H,25,26). The van der Waals surface area contributed by atoms with Crippen LogP contribution in [0.3, 0.4) is 0 Å². The fourth-order valence-corrected chi connectivity index (χ4v) is 2.66. The zero-order valence-corrected chi connectivity index (χ0v) is 15.7. The quantitative estimate of drug-likeness (QED) is 0.625. The Hall–Kier alpha value is -3.05. The number of rotatable bonds is 7. The molecule has 0 saturated carbocycles. The number of ether oxygens (including phenoxy) is 1. The molecule has 0 unspecified atom stereocenters. The van der Waals surface area contributed by atoms with Gasteiger partial charge in [-0.15, -0.1) is 0 Å². The van der Waals surface area contributed by atoms with Crippen molar-refractivity contribution >= 4 is 29.0 Å². The van der Waals surface area contributed by atoms with E-state index < -0.39 is 0 Å². The third kappa shape index (κ3) is 5.46. The first-order valence-electron chi connectivity index (χ1n) is 8.54. The molecule has 6 heteroatoms. The largest absolute Gasteiger partial charge is 0.497 e. The number of benzene rings is 2. The van der Waals surface area contributed by atoms with Crippen molar-refractivity contribution in [2.45, 2.75) is 6.42 Å². The highest BCUT2D eigenvalue weighted by Crippen LogP contribution is 2.16. The van der Waals surface area contributed by atoms with Crippen LogP contribution in [0.5, 0.6) is 5.75 Å². The van der Waals surface area contributed by atoms with E-state index in [0.717, 1.165) is 17.2 Å². The van der Waals surface area contributed by atoms with Gasteiger partial charge in [0.05, 0.1) is 7.11 Å². The molecular formula is C21H20ClN3O2. The van der Waals surface area contributed by atoms with Crippen molar-refractivity contribution in [3.8, 4) is 5.75 Å². The maximum atomic E-state index is 12.4. The van der Waals surface area contributed by atoms with Crippen LogP contribution in [0, 0.1) is 0 Å². The van der Waals surface area contributed by atoms with Gasteiger partial charge in [0, 0.05) is 29.0 Å². The third-order valence-electron chi connectivity index (χ3n) is 4.00. The monoisotopic (exact) mass is 381 g/mol. The molecule has 0 radical (unpaired) electrons. The molecule has 0 aliphatic carbocycles. The van der Waals surface area contributed by atoms with E-state index in [1.165, 1.54) is 5.56 Å². The lowest BCUT2D eigenvalue weighted by molar-refractivity contribution is 0.102. The smallest absolute Gasteiger partial charge is 0.255 e. The molecule has 27 heavy (non-hydrogen) atoms. The molecule has 2 aromatic carbocycles. The summed E-state index contributed by atoms with van der Waals surface area (Å²) in [6.45, 7) is 0.707. The summed E-state index contributed by atoms with van der Waals surface area (Å²) in [5.74, 6) is 1.21. The molecule has 0 saturated heterocycles. The Kier molecular flexibility index (Phi) is 6.28. The summed E-state index contributed by atoms with van der Waals surface area (Å²) in [4.78, 5) is 16.7. The van der Waals surface area contributed by atoms with Crippen LogP contribution < -0.4 is 15.4 Å². The number of pyridine rings is 1. The number of methoxy groups -OCH3 is 1. The van der Waals surface area contributed by atoms with Crippen LogP contribution in [0.4, 0.5) is 11.5 Å². The number of anilines is 2. The average molecular weight is 382 g/mol. The number of hydrogen-bond acceptors (Lipinski definition) is 4. The van der Waals surface area contributed by atoms with E-state index in [1.54, 1.807) is 49.7 Å². The van der Waals surface area contributed by atoms with E-state index in [0.29, 0.717) is 23.6 Å². The van der Waals surface area contributed by atoms with Crippen molar-refractivity contribution in [3.63, 3.8) is 0 Å². The normalized spacial score (nSPS) is 10.3. The molecule has 2 N–H and O–H groups in total. The summed E-state index contributed by atoms with van der Waals surface area (Å²) in [6.07, 6.45) is 2.45. The van der Waals surface area contributed by atoms with Crippen molar-refractivity contribution in [1.82, 2.24) is 4.98 Å². The number of halogens is 1. The first-order valence-corrected chi connectivity index (χ1v) is 8.91. The van der Waals surface area contributed by atoms with Crippen LogP contribution in [0.1, 0.15) is 15.9 Å². The van der Waals surface area contributed by atoms with Crippen LogP contribution in [-0.2, 0) is 6.42 Å². The topological polar surface area (TPSA) is 63.2 Å². The zero-order chi connectivity index (χ0) is 19.1. The number of carbonyl (C=O) groups excluding carboxylic acids is 1. The molecule has 1 amide bonds. The minimum atomic E-state index is -0.191. The lowest BCUT2D eigenvalue weighted by Gasteiger charge is -2.09. The number of amides is 1. The van der Waals surface area contributed by atoms with E-state index in [9.17, 15) is 4.79 Å². The molecule has 0 atom stereocenters. The van der Waals surface area contributed by atoms with Gasteiger partial charge in [0.1, 0.15) is 11.6 Å². The minimum absolute atomic E-state index is 0.191. The van der Waals surface area contributed by atoms with Gasteiger partial charge in [-0.2, -0.15) is 0 Å². The van der Waals surface area contributed by atoms with Gasteiger partial charge in [0.25, 0.3) is 5.91 Å². The Balaban J connectivity index is 1.57. The maximum Gasteiger partial charge on any atom is 0.255 e. The number of nitrogens with zero attached hydrogens (tertiary/aromatic N) is 1. The molecule has 0 bridgehead atoms. The Bertz CT molecular complexity index is 896. The summed E-state index contributed by atoms with van der Waals surface area (Å²) in [5, 5.41) is 6.83. The fourth-order valence-electron chi connectivity index (χ4n) is 2.53. The molecule has 0 spiro atoms. The first kappa shape index (κ1) is 18.7. The van der Waals surface area contributed by atoms with Crippen molar-refractivity contribution in [2.24, 2.45) is 0 Å². The fraction of sp³-hybridized carbons (Fsp3) is 0.143. The molecule has 1 heterocycles.